The van der Waals surface area contributed by atoms with Gasteiger partial charge in [0.15, 0.2) is 11.6 Å². The molecule has 45 heavy (non-hydrogen) atoms. The molecule has 0 bridgehead atoms. The number of Topliss-reactive ketones (excluding diaryl/α,β-unsaturated/α-hetero) is 2. The van der Waals surface area contributed by atoms with Gasteiger partial charge in [-0.1, -0.05) is 0 Å². The molecule has 0 aliphatic rings. The third kappa shape index (κ3) is 4.54. The van der Waals surface area contributed by atoms with Gasteiger partial charge in [-0.3, -0.25) is 19.2 Å². The smallest absolute Gasteiger partial charge is 0.202 e. The molecule has 0 amide bonds. The average molecular weight is 611 g/mol. The van der Waals surface area contributed by atoms with E-state index in [0.717, 1.165) is 56.7 Å². The van der Waals surface area contributed by atoms with Gasteiger partial charge in [0.05, 0.1) is 9.75 Å². The first-order chi connectivity index (χ1) is 21.7. The van der Waals surface area contributed by atoms with E-state index in [2.05, 4.69) is 23.0 Å². The maximum atomic E-state index is 13.7. The van der Waals surface area contributed by atoms with Crippen LogP contribution in [0.5, 0.6) is 0 Å². The summed E-state index contributed by atoms with van der Waals surface area (Å²) in [5.41, 5.74) is 6.36. The van der Waals surface area contributed by atoms with Gasteiger partial charge in [0.2, 0.25) is 11.6 Å². The van der Waals surface area contributed by atoms with Crippen LogP contribution in [0.4, 0.5) is 0 Å². The van der Waals surface area contributed by atoms with Gasteiger partial charge in [-0.15, -0.1) is 11.3 Å². The van der Waals surface area contributed by atoms with Crippen molar-refractivity contribution in [1.82, 2.24) is 9.13 Å². The molecule has 0 aliphatic heterocycles. The minimum Gasteiger partial charge on any atom is -0.341 e. The summed E-state index contributed by atoms with van der Waals surface area (Å²) in [6.45, 7) is 8.76. The van der Waals surface area contributed by atoms with Crippen molar-refractivity contribution in [3.63, 3.8) is 0 Å². The number of nitrogens with zero attached hydrogens (tertiary/aromatic N) is 2. The fraction of sp³-hybridized carbons (Fsp3) is 0.158. The molecule has 0 fully saturated rings. The van der Waals surface area contributed by atoms with Gasteiger partial charge in [0.25, 0.3) is 0 Å². The van der Waals surface area contributed by atoms with Gasteiger partial charge >= 0.3 is 0 Å². The molecule has 4 aromatic carbocycles. The van der Waals surface area contributed by atoms with Crippen molar-refractivity contribution in [3.05, 3.63) is 117 Å². The summed E-state index contributed by atoms with van der Waals surface area (Å²) in [6, 6.07) is 26.2. The number of benzene rings is 4. The van der Waals surface area contributed by atoms with E-state index in [1.54, 1.807) is 26.0 Å². The van der Waals surface area contributed by atoms with E-state index in [1.165, 1.54) is 11.3 Å². The topological polar surface area (TPSA) is 78.1 Å². The fourth-order valence-corrected chi connectivity index (χ4v) is 7.41. The zero-order valence-corrected chi connectivity index (χ0v) is 26.2. The molecule has 7 heteroatoms. The van der Waals surface area contributed by atoms with Gasteiger partial charge in [0.1, 0.15) is 0 Å². The second kappa shape index (κ2) is 10.8. The zero-order valence-electron chi connectivity index (χ0n) is 25.4. The van der Waals surface area contributed by atoms with Gasteiger partial charge in [-0.05, 0) is 113 Å². The molecule has 3 aromatic heterocycles. The van der Waals surface area contributed by atoms with Crippen molar-refractivity contribution in [2.75, 3.05) is 0 Å². The van der Waals surface area contributed by atoms with E-state index >= 15 is 0 Å². The lowest BCUT2D eigenvalue weighted by molar-refractivity contribution is 0.100. The Kier molecular flexibility index (Phi) is 6.86. The predicted octanol–water partition coefficient (Wildman–Crippen LogP) is 8.87. The number of aryl methyl sites for hydroxylation is 2. The van der Waals surface area contributed by atoms with Crippen LogP contribution >= 0.6 is 11.3 Å². The van der Waals surface area contributed by atoms with Crippen molar-refractivity contribution in [2.45, 2.75) is 40.8 Å². The molecule has 0 radical (unpaired) electrons. The number of aromatic nitrogens is 2. The molecule has 6 nitrogen and oxygen atoms in total. The molecule has 0 aliphatic carbocycles. The standard InChI is InChI=1S/C38H30N2O4S/c1-5-39-31-11-7-23(21(3)41)17-27(31)29-19-25(9-13-33(29)39)37(43)35-15-16-36(45-35)38(44)26-10-14-34-30(20-26)28-18-24(22(4)42)8-12-32(28)40(34)6-2/h7-20H,5-6H2,1-4H3. The molecule has 0 unspecified atom stereocenters. The van der Waals surface area contributed by atoms with E-state index in [1.807, 2.05) is 72.8 Å². The number of hydrogen-bond acceptors (Lipinski definition) is 5. The average Bonchev–Trinajstić information content (AvgIpc) is 3.75. The number of carbonyl (C=O) groups is 4. The summed E-state index contributed by atoms with van der Waals surface area (Å²) in [7, 11) is 0. The molecule has 0 saturated carbocycles. The highest BCUT2D eigenvalue weighted by Crippen LogP contribution is 2.34. The van der Waals surface area contributed by atoms with Crippen molar-refractivity contribution in [3.8, 4) is 0 Å². The first-order valence-electron chi connectivity index (χ1n) is 15.0. The monoisotopic (exact) mass is 610 g/mol. The molecule has 0 saturated heterocycles. The first-order valence-corrected chi connectivity index (χ1v) is 15.8. The van der Waals surface area contributed by atoms with E-state index in [4.69, 9.17) is 0 Å². The van der Waals surface area contributed by atoms with E-state index in [9.17, 15) is 19.2 Å². The lowest BCUT2D eigenvalue weighted by atomic mass is 10.0. The minimum absolute atomic E-state index is 0.00612. The van der Waals surface area contributed by atoms with Crippen molar-refractivity contribution in [1.29, 1.82) is 0 Å². The van der Waals surface area contributed by atoms with Crippen LogP contribution < -0.4 is 0 Å². The van der Waals surface area contributed by atoms with Crippen LogP contribution in [0.15, 0.2) is 84.9 Å². The quantitative estimate of drug-likeness (QED) is 0.161. The summed E-state index contributed by atoms with van der Waals surface area (Å²) < 4.78 is 4.36. The fourth-order valence-electron chi connectivity index (χ4n) is 6.48. The maximum absolute atomic E-state index is 13.7. The molecule has 0 atom stereocenters. The van der Waals surface area contributed by atoms with Crippen LogP contribution in [0.25, 0.3) is 43.6 Å². The largest absolute Gasteiger partial charge is 0.341 e. The van der Waals surface area contributed by atoms with Crippen LogP contribution in [0.2, 0.25) is 0 Å². The van der Waals surface area contributed by atoms with Crippen LogP contribution in [0, 0.1) is 0 Å². The molecular formula is C38H30N2O4S. The van der Waals surface area contributed by atoms with Gasteiger partial charge in [-0.25, -0.2) is 0 Å². The second-order valence-corrected chi connectivity index (χ2v) is 12.4. The number of thiophene rings is 1. The molecule has 0 spiro atoms. The normalized spacial score (nSPS) is 11.6. The van der Waals surface area contributed by atoms with Crippen LogP contribution in [0.1, 0.15) is 78.9 Å². The van der Waals surface area contributed by atoms with Gasteiger partial charge in [0, 0.05) is 79.0 Å². The second-order valence-electron chi connectivity index (χ2n) is 11.4. The van der Waals surface area contributed by atoms with Crippen LogP contribution in [-0.2, 0) is 13.1 Å². The third-order valence-electron chi connectivity index (χ3n) is 8.75. The van der Waals surface area contributed by atoms with Gasteiger partial charge < -0.3 is 9.13 Å². The van der Waals surface area contributed by atoms with E-state index in [0.29, 0.717) is 32.0 Å². The lowest BCUT2D eigenvalue weighted by Gasteiger charge is -2.04. The number of fused-ring (bicyclic) bond motifs is 6. The SMILES string of the molecule is CCn1c2ccc(C(C)=O)cc2c2cc(C(=O)c3ccc(C(=O)c4ccc5c(c4)c4cc(C(C)=O)ccc4n5CC)s3)ccc21. The molecule has 7 aromatic rings. The molecule has 7 rings (SSSR count). The van der Waals surface area contributed by atoms with Crippen LogP contribution in [0.3, 0.4) is 0 Å². The highest BCUT2D eigenvalue weighted by molar-refractivity contribution is 7.16. The highest BCUT2D eigenvalue weighted by atomic mass is 32.1. The number of rotatable bonds is 8. The molecule has 222 valence electrons. The Labute approximate surface area is 263 Å². The minimum atomic E-state index is -0.153. The highest BCUT2D eigenvalue weighted by Gasteiger charge is 2.20. The number of carbonyl (C=O) groups excluding carboxylic acids is 4. The Balaban J connectivity index is 1.25. The molecule has 3 heterocycles. The molecular weight excluding hydrogens is 580 g/mol. The third-order valence-corrected chi connectivity index (χ3v) is 9.84. The lowest BCUT2D eigenvalue weighted by Crippen LogP contribution is -2.00. The zero-order chi connectivity index (χ0) is 31.6. The van der Waals surface area contributed by atoms with Crippen molar-refractivity contribution in [2.24, 2.45) is 0 Å². The summed E-state index contributed by atoms with van der Waals surface area (Å²) in [6.07, 6.45) is 0. The van der Waals surface area contributed by atoms with E-state index in [-0.39, 0.29) is 23.1 Å². The Morgan fingerprint density at radius 3 is 1.11 bits per heavy atom. The summed E-state index contributed by atoms with van der Waals surface area (Å²) in [5.74, 6) is -0.319. The maximum Gasteiger partial charge on any atom is 0.202 e. The van der Waals surface area contributed by atoms with Crippen molar-refractivity contribution < 1.29 is 19.2 Å². The Hall–Kier alpha value is -5.14. The first kappa shape index (κ1) is 28.6. The van der Waals surface area contributed by atoms with Crippen LogP contribution in [-0.4, -0.2) is 32.3 Å². The number of ketones is 4. The summed E-state index contributed by atoms with van der Waals surface area (Å²) >= 11 is 1.19. The predicted molar refractivity (Wildman–Crippen MR) is 181 cm³/mol. The Bertz CT molecular complexity index is 2240. The van der Waals surface area contributed by atoms with Crippen molar-refractivity contribution >= 4 is 78.1 Å². The molecule has 0 N–H and O–H groups in total. The summed E-state index contributed by atoms with van der Waals surface area (Å²) in [5, 5.41) is 3.71. The van der Waals surface area contributed by atoms with E-state index < -0.39 is 0 Å². The Morgan fingerprint density at radius 1 is 0.489 bits per heavy atom. The Morgan fingerprint density at radius 2 is 0.800 bits per heavy atom. The number of hydrogen-bond donors (Lipinski definition) is 0. The summed E-state index contributed by atoms with van der Waals surface area (Å²) in [4.78, 5) is 52.6. The van der Waals surface area contributed by atoms with Gasteiger partial charge in [-0.2, -0.15) is 0 Å².